The Kier molecular flexibility index (Phi) is 4.45. The summed E-state index contributed by atoms with van der Waals surface area (Å²) in [6.07, 6.45) is -4.52. The van der Waals surface area contributed by atoms with Gasteiger partial charge in [-0.1, -0.05) is 24.3 Å². The summed E-state index contributed by atoms with van der Waals surface area (Å²) >= 11 is 0. The summed E-state index contributed by atoms with van der Waals surface area (Å²) in [5.41, 5.74) is -0.608. The molecule has 0 unspecified atom stereocenters. The fourth-order valence-corrected chi connectivity index (χ4v) is 1.67. The second-order valence-electron chi connectivity index (χ2n) is 4.35. The first kappa shape index (κ1) is 15.6. The number of anilines is 2. The van der Waals surface area contributed by atoms with Crippen molar-refractivity contribution in [2.24, 2.45) is 0 Å². The molecule has 0 aliphatic carbocycles. The molecule has 0 heterocycles. The quantitative estimate of drug-likeness (QED) is 0.837. The first-order chi connectivity index (χ1) is 10.4. The summed E-state index contributed by atoms with van der Waals surface area (Å²) < 4.78 is 37.7. The maximum atomic E-state index is 12.6. The Morgan fingerprint density at radius 3 is 1.91 bits per heavy atom. The van der Waals surface area contributed by atoms with Gasteiger partial charge in [-0.2, -0.15) is 13.2 Å². The van der Waals surface area contributed by atoms with Crippen molar-refractivity contribution in [2.75, 3.05) is 10.6 Å². The van der Waals surface area contributed by atoms with Crippen LogP contribution < -0.4 is 10.6 Å². The van der Waals surface area contributed by atoms with E-state index in [9.17, 15) is 22.8 Å². The van der Waals surface area contributed by atoms with Crippen LogP contribution in [0.3, 0.4) is 0 Å². The number of alkyl halides is 3. The second kappa shape index (κ2) is 6.30. The Bertz CT molecular complexity index is 685. The van der Waals surface area contributed by atoms with Crippen LogP contribution in [0, 0.1) is 0 Å². The SMILES string of the molecule is O=C(Nc1ccccc1)C(=O)Nc1cccc(C(F)(F)F)c1. The molecule has 0 spiro atoms. The summed E-state index contributed by atoms with van der Waals surface area (Å²) in [5.74, 6) is -2.02. The van der Waals surface area contributed by atoms with Gasteiger partial charge in [0.15, 0.2) is 0 Å². The predicted octanol–water partition coefficient (Wildman–Crippen LogP) is 3.28. The van der Waals surface area contributed by atoms with Crippen molar-refractivity contribution in [3.63, 3.8) is 0 Å². The lowest BCUT2D eigenvalue weighted by molar-refractivity contribution is -0.137. The number of carbonyl (C=O) groups excluding carboxylic acids is 2. The van der Waals surface area contributed by atoms with Crippen molar-refractivity contribution < 1.29 is 22.8 Å². The van der Waals surface area contributed by atoms with Crippen LogP contribution in [0.1, 0.15) is 5.56 Å². The number of halogens is 3. The summed E-state index contributed by atoms with van der Waals surface area (Å²) in [5, 5.41) is 4.46. The zero-order valence-corrected chi connectivity index (χ0v) is 11.1. The lowest BCUT2D eigenvalue weighted by Crippen LogP contribution is -2.29. The highest BCUT2D eigenvalue weighted by Crippen LogP contribution is 2.30. The fourth-order valence-electron chi connectivity index (χ4n) is 1.67. The van der Waals surface area contributed by atoms with Crippen LogP contribution >= 0.6 is 0 Å². The minimum Gasteiger partial charge on any atom is -0.318 e. The molecular formula is C15H11F3N2O2. The van der Waals surface area contributed by atoms with Gasteiger partial charge < -0.3 is 10.6 Å². The van der Waals surface area contributed by atoms with Gasteiger partial charge in [0.25, 0.3) is 0 Å². The van der Waals surface area contributed by atoms with E-state index in [0.717, 1.165) is 18.2 Å². The molecule has 4 nitrogen and oxygen atoms in total. The molecule has 0 bridgehead atoms. The van der Waals surface area contributed by atoms with Gasteiger partial charge >= 0.3 is 18.0 Å². The number of rotatable bonds is 2. The van der Waals surface area contributed by atoms with E-state index in [4.69, 9.17) is 0 Å². The number of hydrogen-bond donors (Lipinski definition) is 2. The van der Waals surface area contributed by atoms with E-state index in [-0.39, 0.29) is 5.69 Å². The van der Waals surface area contributed by atoms with Crippen molar-refractivity contribution in [2.45, 2.75) is 6.18 Å². The van der Waals surface area contributed by atoms with E-state index in [1.54, 1.807) is 30.3 Å². The first-order valence-corrected chi connectivity index (χ1v) is 6.21. The van der Waals surface area contributed by atoms with Crippen molar-refractivity contribution in [3.8, 4) is 0 Å². The molecular weight excluding hydrogens is 297 g/mol. The van der Waals surface area contributed by atoms with E-state index in [0.29, 0.717) is 5.69 Å². The molecule has 2 rings (SSSR count). The van der Waals surface area contributed by atoms with Crippen LogP contribution in [0.15, 0.2) is 54.6 Å². The van der Waals surface area contributed by atoms with Gasteiger partial charge in [-0.25, -0.2) is 0 Å². The van der Waals surface area contributed by atoms with Crippen molar-refractivity contribution >= 4 is 23.2 Å². The molecule has 0 fully saturated rings. The van der Waals surface area contributed by atoms with Crippen LogP contribution in [-0.2, 0) is 15.8 Å². The van der Waals surface area contributed by atoms with Gasteiger partial charge in [0.05, 0.1) is 5.56 Å². The third-order valence-corrected chi connectivity index (χ3v) is 2.69. The van der Waals surface area contributed by atoms with E-state index in [2.05, 4.69) is 10.6 Å². The third kappa shape index (κ3) is 4.08. The van der Waals surface area contributed by atoms with E-state index >= 15 is 0 Å². The molecule has 2 N–H and O–H groups in total. The zero-order valence-electron chi connectivity index (χ0n) is 11.1. The topological polar surface area (TPSA) is 58.2 Å². The van der Waals surface area contributed by atoms with Crippen LogP contribution in [0.4, 0.5) is 24.5 Å². The summed E-state index contributed by atoms with van der Waals surface area (Å²) in [7, 11) is 0. The van der Waals surface area contributed by atoms with Crippen LogP contribution in [0.5, 0.6) is 0 Å². The lowest BCUT2D eigenvalue weighted by Gasteiger charge is -2.10. The molecule has 114 valence electrons. The fraction of sp³-hybridized carbons (Fsp3) is 0.0667. The summed E-state index contributed by atoms with van der Waals surface area (Å²) in [6, 6.07) is 12.3. The predicted molar refractivity (Wildman–Crippen MR) is 75.1 cm³/mol. The number of nitrogens with one attached hydrogen (secondary N) is 2. The van der Waals surface area contributed by atoms with Gasteiger partial charge in [0.1, 0.15) is 0 Å². The lowest BCUT2D eigenvalue weighted by atomic mass is 10.2. The van der Waals surface area contributed by atoms with E-state index in [1.165, 1.54) is 6.07 Å². The van der Waals surface area contributed by atoms with Gasteiger partial charge in [-0.3, -0.25) is 9.59 Å². The summed E-state index contributed by atoms with van der Waals surface area (Å²) in [6.45, 7) is 0. The van der Waals surface area contributed by atoms with Crippen molar-refractivity contribution in [1.29, 1.82) is 0 Å². The molecule has 0 radical (unpaired) electrons. The highest BCUT2D eigenvalue weighted by Gasteiger charge is 2.30. The minimum absolute atomic E-state index is 0.108. The van der Waals surface area contributed by atoms with Gasteiger partial charge in [0.2, 0.25) is 0 Å². The number of hydrogen-bond acceptors (Lipinski definition) is 2. The highest BCUT2D eigenvalue weighted by atomic mass is 19.4. The maximum absolute atomic E-state index is 12.6. The monoisotopic (exact) mass is 308 g/mol. The Balaban J connectivity index is 2.04. The largest absolute Gasteiger partial charge is 0.416 e. The van der Waals surface area contributed by atoms with Crippen molar-refractivity contribution in [1.82, 2.24) is 0 Å². The average Bonchev–Trinajstić information content (AvgIpc) is 2.47. The van der Waals surface area contributed by atoms with Gasteiger partial charge in [-0.05, 0) is 30.3 Å². The normalized spacial score (nSPS) is 10.9. The average molecular weight is 308 g/mol. The Labute approximate surface area is 124 Å². The molecule has 0 saturated carbocycles. The maximum Gasteiger partial charge on any atom is 0.416 e. The molecule has 2 amide bonds. The van der Waals surface area contributed by atoms with Gasteiger partial charge in [0, 0.05) is 11.4 Å². The second-order valence-corrected chi connectivity index (χ2v) is 4.35. The van der Waals surface area contributed by atoms with Crippen molar-refractivity contribution in [3.05, 3.63) is 60.2 Å². The highest BCUT2D eigenvalue weighted by molar-refractivity contribution is 6.43. The molecule has 0 aliphatic rings. The molecule has 0 atom stereocenters. The molecule has 0 aromatic heterocycles. The van der Waals surface area contributed by atoms with E-state index in [1.807, 2.05) is 0 Å². The molecule has 0 aliphatic heterocycles. The molecule has 22 heavy (non-hydrogen) atoms. The number of amides is 2. The number of benzene rings is 2. The third-order valence-electron chi connectivity index (χ3n) is 2.69. The minimum atomic E-state index is -4.52. The van der Waals surface area contributed by atoms with Gasteiger partial charge in [-0.15, -0.1) is 0 Å². The number of para-hydroxylation sites is 1. The Morgan fingerprint density at radius 2 is 1.32 bits per heavy atom. The smallest absolute Gasteiger partial charge is 0.318 e. The Hall–Kier alpha value is -2.83. The number of carbonyl (C=O) groups is 2. The molecule has 0 saturated heterocycles. The molecule has 2 aromatic rings. The van der Waals surface area contributed by atoms with Crippen LogP contribution in [0.25, 0.3) is 0 Å². The summed E-state index contributed by atoms with van der Waals surface area (Å²) in [4.78, 5) is 23.3. The van der Waals surface area contributed by atoms with Crippen LogP contribution in [-0.4, -0.2) is 11.8 Å². The zero-order chi connectivity index (χ0) is 16.2. The molecule has 7 heteroatoms. The standard InChI is InChI=1S/C15H11F3N2O2/c16-15(17,18)10-5-4-8-12(9-10)20-14(22)13(21)19-11-6-2-1-3-7-11/h1-9H,(H,19,21)(H,20,22). The first-order valence-electron chi connectivity index (χ1n) is 6.21. The molecule has 2 aromatic carbocycles. The van der Waals surface area contributed by atoms with E-state index < -0.39 is 23.6 Å². The van der Waals surface area contributed by atoms with Crippen LogP contribution in [0.2, 0.25) is 0 Å². The Morgan fingerprint density at radius 1 is 0.773 bits per heavy atom.